The molecule has 0 spiro atoms. The van der Waals surface area contributed by atoms with Crippen LogP contribution in [0.1, 0.15) is 56.9 Å². The smallest absolute Gasteiger partial charge is 0.0793 e. The van der Waals surface area contributed by atoms with Crippen molar-refractivity contribution in [3.63, 3.8) is 0 Å². The lowest BCUT2D eigenvalue weighted by Gasteiger charge is -2.53. The molecule has 1 aromatic rings. The maximum atomic E-state index is 11.1. The molecule has 2 fully saturated rings. The fourth-order valence-electron chi connectivity index (χ4n) is 3.90. The van der Waals surface area contributed by atoms with E-state index in [1.807, 2.05) is 11.8 Å². The predicted molar refractivity (Wildman–Crippen MR) is 82.4 cm³/mol. The minimum absolute atomic E-state index is 0.138. The van der Waals surface area contributed by atoms with Crippen molar-refractivity contribution in [3.8, 4) is 0 Å². The van der Waals surface area contributed by atoms with Gasteiger partial charge >= 0.3 is 0 Å². The zero-order chi connectivity index (χ0) is 13.2. The van der Waals surface area contributed by atoms with Gasteiger partial charge in [-0.25, -0.2) is 0 Å². The SMILES string of the molecule is OC12CCCCC1(SCc1ccccc1)CCCC2. The van der Waals surface area contributed by atoms with Gasteiger partial charge in [-0.1, -0.05) is 56.0 Å². The summed E-state index contributed by atoms with van der Waals surface area (Å²) in [7, 11) is 0. The Bertz CT molecular complexity index is 403. The van der Waals surface area contributed by atoms with Crippen LogP contribution in [0.4, 0.5) is 0 Å². The van der Waals surface area contributed by atoms with Crippen LogP contribution < -0.4 is 0 Å². The number of rotatable bonds is 3. The highest BCUT2D eigenvalue weighted by Crippen LogP contribution is 2.55. The van der Waals surface area contributed by atoms with Gasteiger partial charge in [0.05, 0.1) is 5.60 Å². The molecule has 1 N–H and O–H groups in total. The van der Waals surface area contributed by atoms with Gasteiger partial charge in [-0.2, -0.15) is 0 Å². The van der Waals surface area contributed by atoms with E-state index in [2.05, 4.69) is 30.3 Å². The summed E-state index contributed by atoms with van der Waals surface area (Å²) in [6.07, 6.45) is 9.48. The molecule has 0 saturated heterocycles. The highest BCUT2D eigenvalue weighted by atomic mass is 32.2. The van der Waals surface area contributed by atoms with Crippen molar-refractivity contribution in [2.24, 2.45) is 0 Å². The van der Waals surface area contributed by atoms with Crippen molar-refractivity contribution in [1.82, 2.24) is 0 Å². The number of aliphatic hydroxyl groups is 1. The minimum atomic E-state index is -0.386. The predicted octanol–water partition coefficient (Wildman–Crippen LogP) is 4.54. The molecule has 104 valence electrons. The highest BCUT2D eigenvalue weighted by molar-refractivity contribution is 8.00. The first-order valence-electron chi connectivity index (χ1n) is 7.64. The van der Waals surface area contributed by atoms with Crippen LogP contribution in [0.5, 0.6) is 0 Å². The topological polar surface area (TPSA) is 20.2 Å². The van der Waals surface area contributed by atoms with Gasteiger partial charge < -0.3 is 5.11 Å². The zero-order valence-electron chi connectivity index (χ0n) is 11.6. The molecule has 0 bridgehead atoms. The van der Waals surface area contributed by atoms with Crippen LogP contribution in [-0.4, -0.2) is 15.5 Å². The molecule has 0 radical (unpaired) electrons. The number of thioether (sulfide) groups is 1. The van der Waals surface area contributed by atoms with E-state index in [4.69, 9.17) is 0 Å². The second kappa shape index (κ2) is 5.49. The summed E-state index contributed by atoms with van der Waals surface area (Å²) in [6.45, 7) is 0. The van der Waals surface area contributed by atoms with Crippen molar-refractivity contribution in [1.29, 1.82) is 0 Å². The molecular formula is C17H24OS. The van der Waals surface area contributed by atoms with Crippen molar-refractivity contribution in [3.05, 3.63) is 35.9 Å². The van der Waals surface area contributed by atoms with Gasteiger partial charge in [0.15, 0.2) is 0 Å². The van der Waals surface area contributed by atoms with Crippen molar-refractivity contribution < 1.29 is 5.11 Å². The normalized spacial score (nSPS) is 34.8. The summed E-state index contributed by atoms with van der Waals surface area (Å²) >= 11 is 2.03. The third-order valence-electron chi connectivity index (χ3n) is 5.05. The molecule has 0 unspecified atom stereocenters. The van der Waals surface area contributed by atoms with Gasteiger partial charge in [-0.3, -0.25) is 0 Å². The molecular weight excluding hydrogens is 252 g/mol. The minimum Gasteiger partial charge on any atom is -0.388 e. The van der Waals surface area contributed by atoms with Crippen LogP contribution in [0.3, 0.4) is 0 Å². The van der Waals surface area contributed by atoms with Gasteiger partial charge in [0, 0.05) is 10.5 Å². The van der Waals surface area contributed by atoms with Crippen molar-refractivity contribution >= 4 is 11.8 Å². The molecule has 2 aliphatic rings. The van der Waals surface area contributed by atoms with Gasteiger partial charge in [-0.05, 0) is 31.2 Å². The van der Waals surface area contributed by atoms with Crippen LogP contribution in [0.2, 0.25) is 0 Å². The Balaban J connectivity index is 1.75. The summed E-state index contributed by atoms with van der Waals surface area (Å²) in [6, 6.07) is 10.7. The maximum absolute atomic E-state index is 11.1. The van der Waals surface area contributed by atoms with Crippen LogP contribution >= 0.6 is 11.8 Å². The van der Waals surface area contributed by atoms with E-state index in [-0.39, 0.29) is 10.3 Å². The molecule has 2 aliphatic carbocycles. The number of benzene rings is 1. The standard InChI is InChI=1S/C17H24OS/c18-16-10-4-6-12-17(16,13-7-5-11-16)19-14-15-8-2-1-3-9-15/h1-3,8-9,18H,4-7,10-14H2. The summed E-state index contributed by atoms with van der Waals surface area (Å²) in [4.78, 5) is 0. The Morgan fingerprint density at radius 1 is 0.895 bits per heavy atom. The molecule has 0 aromatic heterocycles. The van der Waals surface area contributed by atoms with Crippen LogP contribution in [0, 0.1) is 0 Å². The summed E-state index contributed by atoms with van der Waals surface area (Å²) in [5, 5.41) is 11.1. The highest BCUT2D eigenvalue weighted by Gasteiger charge is 2.52. The van der Waals surface area contributed by atoms with Crippen LogP contribution in [-0.2, 0) is 5.75 Å². The van der Waals surface area contributed by atoms with Crippen LogP contribution in [0.25, 0.3) is 0 Å². The van der Waals surface area contributed by atoms with E-state index >= 15 is 0 Å². The Labute approximate surface area is 120 Å². The molecule has 0 atom stereocenters. The average Bonchev–Trinajstić information content (AvgIpc) is 2.46. The first-order valence-corrected chi connectivity index (χ1v) is 8.63. The summed E-state index contributed by atoms with van der Waals surface area (Å²) < 4.78 is 0.138. The van der Waals surface area contributed by atoms with Gasteiger partial charge in [0.2, 0.25) is 0 Å². The lowest BCUT2D eigenvalue weighted by Crippen LogP contribution is -2.56. The maximum Gasteiger partial charge on any atom is 0.0793 e. The zero-order valence-corrected chi connectivity index (χ0v) is 12.4. The fourth-order valence-corrected chi connectivity index (χ4v) is 5.59. The Morgan fingerprint density at radius 2 is 1.47 bits per heavy atom. The first kappa shape index (κ1) is 13.5. The first-order chi connectivity index (χ1) is 9.24. The monoisotopic (exact) mass is 276 g/mol. The van der Waals surface area contributed by atoms with Crippen LogP contribution in [0.15, 0.2) is 30.3 Å². The van der Waals surface area contributed by atoms with Gasteiger partial charge in [0.25, 0.3) is 0 Å². The quantitative estimate of drug-likeness (QED) is 0.874. The summed E-state index contributed by atoms with van der Waals surface area (Å²) in [5.41, 5.74) is 1.00. The number of hydrogen-bond acceptors (Lipinski definition) is 2. The average molecular weight is 276 g/mol. The van der Waals surface area contributed by atoms with Gasteiger partial charge in [-0.15, -0.1) is 11.8 Å². The Kier molecular flexibility index (Phi) is 3.91. The Morgan fingerprint density at radius 3 is 2.11 bits per heavy atom. The molecule has 1 nitrogen and oxygen atoms in total. The van der Waals surface area contributed by atoms with E-state index in [1.54, 1.807) is 0 Å². The molecule has 1 aromatic carbocycles. The van der Waals surface area contributed by atoms with Crippen molar-refractivity contribution in [2.45, 2.75) is 67.5 Å². The molecule has 19 heavy (non-hydrogen) atoms. The molecule has 0 aliphatic heterocycles. The summed E-state index contributed by atoms with van der Waals surface area (Å²) in [5.74, 6) is 1.04. The van der Waals surface area contributed by atoms with E-state index in [9.17, 15) is 5.11 Å². The lowest BCUT2D eigenvalue weighted by atomic mass is 9.66. The second-order valence-corrected chi connectivity index (χ2v) is 7.57. The number of fused-ring (bicyclic) bond motifs is 1. The van der Waals surface area contributed by atoms with E-state index in [1.165, 1.54) is 44.1 Å². The molecule has 0 amide bonds. The molecule has 0 heterocycles. The van der Waals surface area contributed by atoms with Crippen molar-refractivity contribution in [2.75, 3.05) is 0 Å². The Hall–Kier alpha value is -0.470. The van der Waals surface area contributed by atoms with E-state index in [0.717, 1.165) is 18.6 Å². The van der Waals surface area contributed by atoms with E-state index < -0.39 is 0 Å². The molecule has 2 heteroatoms. The molecule has 2 saturated carbocycles. The third-order valence-corrected chi connectivity index (χ3v) is 6.87. The second-order valence-electron chi connectivity index (χ2n) is 6.21. The largest absolute Gasteiger partial charge is 0.388 e. The fraction of sp³-hybridized carbons (Fsp3) is 0.647. The molecule has 3 rings (SSSR count). The lowest BCUT2D eigenvalue weighted by molar-refractivity contribution is -0.0559. The third kappa shape index (κ3) is 2.57. The van der Waals surface area contributed by atoms with E-state index in [0.29, 0.717) is 0 Å². The van der Waals surface area contributed by atoms with Gasteiger partial charge in [0.1, 0.15) is 0 Å². The number of hydrogen-bond donors (Lipinski definition) is 1.